The molecule has 0 radical (unpaired) electrons. The molecule has 0 aliphatic carbocycles. The number of fused-ring (bicyclic) bond motifs is 4. The van der Waals surface area contributed by atoms with Crippen LogP contribution < -0.4 is 5.56 Å². The summed E-state index contributed by atoms with van der Waals surface area (Å²) in [6, 6.07) is 5.79. The Bertz CT molecular complexity index is 976. The first-order valence-corrected chi connectivity index (χ1v) is 11.5. The van der Waals surface area contributed by atoms with E-state index in [1.165, 1.54) is 0 Å². The highest BCUT2D eigenvalue weighted by atomic mass is 16.2. The summed E-state index contributed by atoms with van der Waals surface area (Å²) in [7, 11) is 2.06. The summed E-state index contributed by atoms with van der Waals surface area (Å²) in [6.45, 7) is 7.83. The molecule has 8 heteroatoms. The summed E-state index contributed by atoms with van der Waals surface area (Å²) in [5.41, 5.74) is 1.35. The second kappa shape index (κ2) is 8.59. The number of amides is 1. The Hall–Kier alpha value is -2.45. The second-order valence-electron chi connectivity index (χ2n) is 9.36. The predicted octanol–water partition coefficient (Wildman–Crippen LogP) is 0.942. The van der Waals surface area contributed by atoms with Crippen molar-refractivity contribution in [1.82, 2.24) is 29.0 Å². The summed E-state index contributed by atoms with van der Waals surface area (Å²) < 4.78 is 3.89. The van der Waals surface area contributed by atoms with E-state index in [1.54, 1.807) is 6.07 Å². The molecule has 3 aliphatic rings. The van der Waals surface area contributed by atoms with Crippen LogP contribution in [0.4, 0.5) is 0 Å². The van der Waals surface area contributed by atoms with E-state index < -0.39 is 0 Å². The van der Waals surface area contributed by atoms with E-state index in [-0.39, 0.29) is 11.5 Å². The lowest BCUT2D eigenvalue weighted by Crippen LogP contribution is -2.50. The number of aromatic nitrogens is 3. The highest BCUT2D eigenvalue weighted by Crippen LogP contribution is 2.35. The number of hydrogen-bond acceptors (Lipinski definition) is 5. The standard InChI is InChI=1S/C23H32N6O2/c1-25-10-12-27(13-11-25)22(30)20-4-5-21-19-14-18(16-29(21)23(20)31)15-26(17-19)7-3-9-28-8-2-6-24-28/h2,4-6,8,18-19H,3,7,9-17H2,1H3/t18-,19+/m0/s1. The number of piperazine rings is 1. The molecule has 166 valence electrons. The molecule has 2 aromatic rings. The monoisotopic (exact) mass is 424 g/mol. The van der Waals surface area contributed by atoms with Gasteiger partial charge >= 0.3 is 0 Å². The molecule has 8 nitrogen and oxygen atoms in total. The highest BCUT2D eigenvalue weighted by Gasteiger charge is 2.35. The smallest absolute Gasteiger partial charge is 0.263 e. The van der Waals surface area contributed by atoms with Gasteiger partial charge in [0.25, 0.3) is 11.5 Å². The Kier molecular flexibility index (Phi) is 5.67. The van der Waals surface area contributed by atoms with Gasteiger partial charge in [0, 0.05) is 76.4 Å². The van der Waals surface area contributed by atoms with Gasteiger partial charge in [0.2, 0.25) is 0 Å². The first kappa shape index (κ1) is 20.5. The second-order valence-corrected chi connectivity index (χ2v) is 9.36. The molecule has 0 N–H and O–H groups in total. The summed E-state index contributed by atoms with van der Waals surface area (Å²) >= 11 is 0. The fourth-order valence-electron chi connectivity index (χ4n) is 5.46. The van der Waals surface area contributed by atoms with Crippen LogP contribution in [0.25, 0.3) is 0 Å². The lowest BCUT2D eigenvalue weighted by Gasteiger charge is -2.43. The van der Waals surface area contributed by atoms with Gasteiger partial charge in [-0.2, -0.15) is 5.10 Å². The van der Waals surface area contributed by atoms with Crippen molar-refractivity contribution in [2.24, 2.45) is 5.92 Å². The number of carbonyl (C=O) groups excluding carboxylic acids is 1. The molecule has 2 aromatic heterocycles. The van der Waals surface area contributed by atoms with E-state index in [1.807, 2.05) is 38.7 Å². The quantitative estimate of drug-likeness (QED) is 0.715. The third-order valence-corrected chi connectivity index (χ3v) is 7.12. The Morgan fingerprint density at radius 3 is 2.71 bits per heavy atom. The minimum absolute atomic E-state index is 0.0942. The van der Waals surface area contributed by atoms with E-state index in [4.69, 9.17) is 0 Å². The van der Waals surface area contributed by atoms with Gasteiger partial charge in [-0.15, -0.1) is 0 Å². The van der Waals surface area contributed by atoms with Crippen LogP contribution in [0.3, 0.4) is 0 Å². The number of carbonyl (C=O) groups is 1. The predicted molar refractivity (Wildman–Crippen MR) is 118 cm³/mol. The normalized spacial score (nSPS) is 24.2. The van der Waals surface area contributed by atoms with Crippen molar-refractivity contribution in [2.45, 2.75) is 31.8 Å². The molecule has 5 heterocycles. The number of aryl methyl sites for hydroxylation is 1. The Morgan fingerprint density at radius 2 is 1.94 bits per heavy atom. The van der Waals surface area contributed by atoms with Gasteiger partial charge in [0.1, 0.15) is 5.56 Å². The van der Waals surface area contributed by atoms with Crippen molar-refractivity contribution in [3.8, 4) is 0 Å². The summed E-state index contributed by atoms with van der Waals surface area (Å²) in [5.74, 6) is 0.740. The molecular weight excluding hydrogens is 392 g/mol. The maximum atomic E-state index is 13.3. The number of piperidine rings is 1. The van der Waals surface area contributed by atoms with Crippen LogP contribution in [0.2, 0.25) is 0 Å². The van der Waals surface area contributed by atoms with Crippen molar-refractivity contribution >= 4 is 5.91 Å². The van der Waals surface area contributed by atoms with Gasteiger partial charge in [-0.05, 0) is 50.6 Å². The summed E-state index contributed by atoms with van der Waals surface area (Å²) in [6.07, 6.45) is 6.05. The number of likely N-dealkylation sites (tertiary alicyclic amines) is 1. The van der Waals surface area contributed by atoms with E-state index in [0.717, 1.165) is 64.3 Å². The van der Waals surface area contributed by atoms with Crippen LogP contribution in [0, 0.1) is 5.92 Å². The lowest BCUT2D eigenvalue weighted by atomic mass is 9.83. The molecule has 0 unspecified atom stereocenters. The molecule has 0 saturated carbocycles. The van der Waals surface area contributed by atoms with Crippen LogP contribution in [0.15, 0.2) is 35.4 Å². The van der Waals surface area contributed by atoms with Crippen LogP contribution in [-0.2, 0) is 13.1 Å². The molecule has 0 aromatic carbocycles. The Morgan fingerprint density at radius 1 is 1.10 bits per heavy atom. The Balaban J connectivity index is 1.27. The zero-order chi connectivity index (χ0) is 21.4. The molecule has 2 saturated heterocycles. The fraction of sp³-hybridized carbons (Fsp3) is 0.609. The molecule has 3 aliphatic heterocycles. The molecular formula is C23H32N6O2. The first-order chi connectivity index (χ1) is 15.1. The minimum atomic E-state index is -0.107. The van der Waals surface area contributed by atoms with Crippen LogP contribution in [0.5, 0.6) is 0 Å². The van der Waals surface area contributed by atoms with Gasteiger partial charge in [-0.25, -0.2) is 0 Å². The Labute approximate surface area is 183 Å². The highest BCUT2D eigenvalue weighted by molar-refractivity contribution is 5.94. The third-order valence-electron chi connectivity index (χ3n) is 7.12. The molecule has 0 spiro atoms. The van der Waals surface area contributed by atoms with Crippen molar-refractivity contribution in [2.75, 3.05) is 52.9 Å². The van der Waals surface area contributed by atoms with Crippen LogP contribution in [0.1, 0.15) is 34.8 Å². The largest absolute Gasteiger partial charge is 0.336 e. The maximum absolute atomic E-state index is 13.3. The average molecular weight is 425 g/mol. The van der Waals surface area contributed by atoms with Crippen LogP contribution in [-0.4, -0.2) is 87.8 Å². The average Bonchev–Trinajstić information content (AvgIpc) is 3.28. The van der Waals surface area contributed by atoms with Gasteiger partial charge in [0.15, 0.2) is 0 Å². The number of hydrogen-bond donors (Lipinski definition) is 0. The van der Waals surface area contributed by atoms with Gasteiger partial charge in [-0.3, -0.25) is 14.3 Å². The molecule has 31 heavy (non-hydrogen) atoms. The zero-order valence-corrected chi connectivity index (χ0v) is 18.3. The SMILES string of the molecule is CN1CCN(C(=O)c2ccc3n(c2=O)C[C@H]2C[C@@H]3CN(CCCn3cccn3)C2)CC1. The summed E-state index contributed by atoms with van der Waals surface area (Å²) in [4.78, 5) is 32.8. The summed E-state index contributed by atoms with van der Waals surface area (Å²) in [5, 5.41) is 4.28. The topological polar surface area (TPSA) is 66.6 Å². The number of likely N-dealkylation sites (N-methyl/N-ethyl adjacent to an activating group) is 1. The molecule has 2 fully saturated rings. The van der Waals surface area contributed by atoms with Crippen molar-refractivity contribution in [1.29, 1.82) is 0 Å². The van der Waals surface area contributed by atoms with Gasteiger partial charge < -0.3 is 19.3 Å². The van der Waals surface area contributed by atoms with E-state index in [2.05, 4.69) is 21.9 Å². The van der Waals surface area contributed by atoms with Crippen molar-refractivity contribution < 1.29 is 4.79 Å². The van der Waals surface area contributed by atoms with Gasteiger partial charge in [0.05, 0.1) is 0 Å². The molecule has 5 rings (SSSR count). The number of rotatable bonds is 5. The molecule has 2 atom stereocenters. The number of pyridine rings is 1. The van der Waals surface area contributed by atoms with E-state index in [9.17, 15) is 9.59 Å². The maximum Gasteiger partial charge on any atom is 0.263 e. The van der Waals surface area contributed by atoms with Crippen molar-refractivity contribution in [3.63, 3.8) is 0 Å². The fourth-order valence-corrected chi connectivity index (χ4v) is 5.46. The number of nitrogens with zero attached hydrogens (tertiary/aromatic N) is 6. The van der Waals surface area contributed by atoms with Gasteiger partial charge in [-0.1, -0.05) is 0 Å². The zero-order valence-electron chi connectivity index (χ0n) is 18.3. The third kappa shape index (κ3) is 4.19. The minimum Gasteiger partial charge on any atom is -0.336 e. The molecule has 1 amide bonds. The van der Waals surface area contributed by atoms with Crippen LogP contribution >= 0.6 is 0 Å². The van der Waals surface area contributed by atoms with E-state index >= 15 is 0 Å². The lowest BCUT2D eigenvalue weighted by molar-refractivity contribution is 0.0659. The van der Waals surface area contributed by atoms with Crippen molar-refractivity contribution in [3.05, 3.63) is 52.2 Å². The molecule has 2 bridgehead atoms. The van der Waals surface area contributed by atoms with E-state index in [0.29, 0.717) is 30.5 Å². The first-order valence-electron chi connectivity index (χ1n) is 11.5.